The molecule has 1 saturated heterocycles. The van der Waals surface area contributed by atoms with E-state index in [0.29, 0.717) is 6.54 Å². The fourth-order valence-corrected chi connectivity index (χ4v) is 2.19. The molecule has 1 fully saturated rings. The summed E-state index contributed by atoms with van der Waals surface area (Å²) in [6.45, 7) is 5.19. The van der Waals surface area contributed by atoms with Gasteiger partial charge >= 0.3 is 0 Å². The second kappa shape index (κ2) is 5.25. The standard InChI is InChI=1S/C12H20N4/c1-10-3-6-16(7-4-10)12-11(2-5-13)8-14-9-15-12/h8-10H,2-7,13H2,1H3. The molecule has 0 amide bonds. The maximum atomic E-state index is 5.61. The van der Waals surface area contributed by atoms with Gasteiger partial charge in [0.25, 0.3) is 0 Å². The van der Waals surface area contributed by atoms with Gasteiger partial charge in [-0.1, -0.05) is 6.92 Å². The van der Waals surface area contributed by atoms with E-state index >= 15 is 0 Å². The quantitative estimate of drug-likeness (QED) is 0.832. The molecule has 4 heteroatoms. The van der Waals surface area contributed by atoms with E-state index in [0.717, 1.165) is 31.2 Å². The minimum atomic E-state index is 0.657. The Labute approximate surface area is 96.9 Å². The zero-order valence-electron chi connectivity index (χ0n) is 9.89. The molecular weight excluding hydrogens is 200 g/mol. The highest BCUT2D eigenvalue weighted by Crippen LogP contribution is 2.23. The largest absolute Gasteiger partial charge is 0.356 e. The lowest BCUT2D eigenvalue weighted by Gasteiger charge is -2.32. The summed E-state index contributed by atoms with van der Waals surface area (Å²) in [7, 11) is 0. The average Bonchev–Trinajstić information content (AvgIpc) is 2.32. The smallest absolute Gasteiger partial charge is 0.135 e. The molecule has 0 saturated carbocycles. The van der Waals surface area contributed by atoms with E-state index in [9.17, 15) is 0 Å². The molecule has 0 aromatic carbocycles. The Hall–Kier alpha value is -1.16. The minimum absolute atomic E-state index is 0.657. The Balaban J connectivity index is 2.13. The van der Waals surface area contributed by atoms with E-state index in [2.05, 4.69) is 21.8 Å². The van der Waals surface area contributed by atoms with Gasteiger partial charge in [0, 0.05) is 24.8 Å². The van der Waals surface area contributed by atoms with E-state index in [-0.39, 0.29) is 0 Å². The van der Waals surface area contributed by atoms with E-state index in [4.69, 9.17) is 5.73 Å². The topological polar surface area (TPSA) is 55.0 Å². The van der Waals surface area contributed by atoms with Crippen molar-refractivity contribution in [2.75, 3.05) is 24.5 Å². The van der Waals surface area contributed by atoms with Crippen LogP contribution in [0.1, 0.15) is 25.3 Å². The molecule has 2 N–H and O–H groups in total. The van der Waals surface area contributed by atoms with Gasteiger partial charge in [-0.2, -0.15) is 0 Å². The number of piperidine rings is 1. The Bertz CT molecular complexity index is 332. The third-order valence-electron chi connectivity index (χ3n) is 3.26. The van der Waals surface area contributed by atoms with Crippen LogP contribution in [0.5, 0.6) is 0 Å². The molecule has 0 unspecified atom stereocenters. The summed E-state index contributed by atoms with van der Waals surface area (Å²) in [5, 5.41) is 0. The van der Waals surface area contributed by atoms with Crippen molar-refractivity contribution in [2.45, 2.75) is 26.2 Å². The molecule has 0 bridgehead atoms. The van der Waals surface area contributed by atoms with Crippen molar-refractivity contribution in [3.05, 3.63) is 18.1 Å². The zero-order valence-corrected chi connectivity index (χ0v) is 9.89. The molecule has 0 atom stereocenters. The van der Waals surface area contributed by atoms with Crippen LogP contribution in [-0.4, -0.2) is 29.6 Å². The van der Waals surface area contributed by atoms with Crippen molar-refractivity contribution in [1.29, 1.82) is 0 Å². The van der Waals surface area contributed by atoms with E-state index < -0.39 is 0 Å². The maximum absolute atomic E-state index is 5.61. The summed E-state index contributed by atoms with van der Waals surface area (Å²) >= 11 is 0. The Morgan fingerprint density at radius 2 is 2.19 bits per heavy atom. The molecule has 1 aromatic rings. The van der Waals surface area contributed by atoms with Crippen LogP contribution >= 0.6 is 0 Å². The van der Waals surface area contributed by atoms with Crippen molar-refractivity contribution in [3.8, 4) is 0 Å². The molecule has 16 heavy (non-hydrogen) atoms. The first-order valence-electron chi connectivity index (χ1n) is 6.05. The lowest BCUT2D eigenvalue weighted by Crippen LogP contribution is -2.34. The van der Waals surface area contributed by atoms with Crippen molar-refractivity contribution in [1.82, 2.24) is 9.97 Å². The van der Waals surface area contributed by atoms with Crippen LogP contribution in [0, 0.1) is 5.92 Å². The van der Waals surface area contributed by atoms with Crippen molar-refractivity contribution < 1.29 is 0 Å². The number of nitrogens with two attached hydrogens (primary N) is 1. The lowest BCUT2D eigenvalue weighted by atomic mass is 9.99. The van der Waals surface area contributed by atoms with Gasteiger partial charge in [-0.05, 0) is 31.7 Å². The summed E-state index contributed by atoms with van der Waals surface area (Å²) in [6.07, 6.45) is 6.90. The number of nitrogens with zero attached hydrogens (tertiary/aromatic N) is 3. The van der Waals surface area contributed by atoms with Gasteiger partial charge in [0.05, 0.1) is 0 Å². The Morgan fingerprint density at radius 3 is 2.88 bits per heavy atom. The van der Waals surface area contributed by atoms with Gasteiger partial charge in [0.2, 0.25) is 0 Å². The lowest BCUT2D eigenvalue weighted by molar-refractivity contribution is 0.436. The van der Waals surface area contributed by atoms with Crippen LogP contribution in [0.25, 0.3) is 0 Å². The first-order chi connectivity index (χ1) is 7.81. The summed E-state index contributed by atoms with van der Waals surface area (Å²) in [5.41, 5.74) is 6.79. The van der Waals surface area contributed by atoms with Crippen LogP contribution in [0.3, 0.4) is 0 Å². The van der Waals surface area contributed by atoms with Crippen LogP contribution in [0.15, 0.2) is 12.5 Å². The van der Waals surface area contributed by atoms with Crippen molar-refractivity contribution >= 4 is 5.82 Å². The van der Waals surface area contributed by atoms with Gasteiger partial charge in [-0.15, -0.1) is 0 Å². The van der Waals surface area contributed by atoms with Gasteiger partial charge in [0.1, 0.15) is 12.1 Å². The second-order valence-corrected chi connectivity index (χ2v) is 4.58. The van der Waals surface area contributed by atoms with Gasteiger partial charge < -0.3 is 10.6 Å². The predicted octanol–water partition coefficient (Wildman–Crippen LogP) is 1.21. The summed E-state index contributed by atoms with van der Waals surface area (Å²) in [5.74, 6) is 1.93. The zero-order chi connectivity index (χ0) is 11.4. The third-order valence-corrected chi connectivity index (χ3v) is 3.26. The highest BCUT2D eigenvalue weighted by molar-refractivity contribution is 5.45. The third kappa shape index (κ3) is 2.50. The van der Waals surface area contributed by atoms with Gasteiger partial charge in [-0.25, -0.2) is 9.97 Å². The summed E-state index contributed by atoms with van der Waals surface area (Å²) < 4.78 is 0. The molecule has 0 aliphatic carbocycles. The van der Waals surface area contributed by atoms with Crippen LogP contribution < -0.4 is 10.6 Å². The Morgan fingerprint density at radius 1 is 1.44 bits per heavy atom. The monoisotopic (exact) mass is 220 g/mol. The molecule has 1 aliphatic heterocycles. The highest BCUT2D eigenvalue weighted by Gasteiger charge is 2.18. The number of aromatic nitrogens is 2. The number of hydrogen-bond donors (Lipinski definition) is 1. The fourth-order valence-electron chi connectivity index (χ4n) is 2.19. The minimum Gasteiger partial charge on any atom is -0.356 e. The molecule has 1 aliphatic rings. The Kier molecular flexibility index (Phi) is 3.72. The van der Waals surface area contributed by atoms with E-state index in [1.807, 2.05) is 6.20 Å². The highest BCUT2D eigenvalue weighted by atomic mass is 15.2. The van der Waals surface area contributed by atoms with Gasteiger partial charge in [-0.3, -0.25) is 0 Å². The maximum Gasteiger partial charge on any atom is 0.135 e. The van der Waals surface area contributed by atoms with E-state index in [1.165, 1.54) is 18.4 Å². The number of rotatable bonds is 3. The molecule has 4 nitrogen and oxygen atoms in total. The van der Waals surface area contributed by atoms with Crippen molar-refractivity contribution in [2.24, 2.45) is 11.7 Å². The summed E-state index contributed by atoms with van der Waals surface area (Å²) in [4.78, 5) is 10.9. The SMILES string of the molecule is CC1CCN(c2ncncc2CCN)CC1. The molecule has 88 valence electrons. The van der Waals surface area contributed by atoms with Gasteiger partial charge in [0.15, 0.2) is 0 Å². The fraction of sp³-hybridized carbons (Fsp3) is 0.667. The molecule has 2 heterocycles. The van der Waals surface area contributed by atoms with Crippen LogP contribution in [-0.2, 0) is 6.42 Å². The molecule has 1 aromatic heterocycles. The first kappa shape index (κ1) is 11.3. The first-order valence-corrected chi connectivity index (χ1v) is 6.05. The van der Waals surface area contributed by atoms with Crippen LogP contribution in [0.4, 0.5) is 5.82 Å². The predicted molar refractivity (Wildman–Crippen MR) is 65.4 cm³/mol. The summed E-state index contributed by atoms with van der Waals surface area (Å²) in [6, 6.07) is 0. The van der Waals surface area contributed by atoms with Crippen LogP contribution in [0.2, 0.25) is 0 Å². The number of anilines is 1. The second-order valence-electron chi connectivity index (χ2n) is 4.58. The molecule has 2 rings (SSSR count). The normalized spacial score (nSPS) is 17.8. The van der Waals surface area contributed by atoms with Crippen molar-refractivity contribution in [3.63, 3.8) is 0 Å². The van der Waals surface area contributed by atoms with E-state index in [1.54, 1.807) is 6.33 Å². The molecular formula is C12H20N4. The molecule has 0 radical (unpaired) electrons. The number of hydrogen-bond acceptors (Lipinski definition) is 4. The molecule has 0 spiro atoms. The average molecular weight is 220 g/mol.